The van der Waals surface area contributed by atoms with E-state index in [1.807, 2.05) is 30.0 Å². The molecule has 4 heterocycles. The summed E-state index contributed by atoms with van der Waals surface area (Å²) >= 11 is 0. The van der Waals surface area contributed by atoms with Crippen LogP contribution < -0.4 is 0 Å². The minimum atomic E-state index is -0.245. The number of likely N-dealkylation sites (tertiary alicyclic amines) is 1. The van der Waals surface area contributed by atoms with Gasteiger partial charge in [-0.25, -0.2) is 14.4 Å². The largest absolute Gasteiger partial charge is 0.343 e. The number of aryl methyl sites for hydroxylation is 2. The first-order valence-electron chi connectivity index (χ1n) is 11.4. The molecule has 33 heavy (non-hydrogen) atoms. The molecule has 0 radical (unpaired) electrons. The summed E-state index contributed by atoms with van der Waals surface area (Å²) in [6, 6.07) is 16.6. The first-order chi connectivity index (χ1) is 16.1. The number of pyridine rings is 2. The molecule has 0 saturated carbocycles. The van der Waals surface area contributed by atoms with Crippen LogP contribution >= 0.6 is 0 Å². The van der Waals surface area contributed by atoms with Gasteiger partial charge in [0.15, 0.2) is 11.5 Å². The number of piperidine rings is 1. The molecule has 5 rings (SSSR count). The summed E-state index contributed by atoms with van der Waals surface area (Å²) in [6.45, 7) is 3.37. The Labute approximate surface area is 192 Å². The smallest absolute Gasteiger partial charge is 0.222 e. The minimum absolute atomic E-state index is 0.0870. The van der Waals surface area contributed by atoms with Crippen LogP contribution in [0.25, 0.3) is 16.9 Å². The maximum Gasteiger partial charge on any atom is 0.222 e. The van der Waals surface area contributed by atoms with Crippen LogP contribution in [0.5, 0.6) is 0 Å². The molecule has 0 N–H and O–H groups in total. The Morgan fingerprint density at radius 3 is 2.61 bits per heavy atom. The van der Waals surface area contributed by atoms with Crippen LogP contribution in [0.2, 0.25) is 0 Å². The second-order valence-corrected chi connectivity index (χ2v) is 8.54. The Bertz CT molecular complexity index is 1280. The first kappa shape index (κ1) is 21.2. The maximum atomic E-state index is 13.8. The average Bonchev–Trinajstić information content (AvgIpc) is 3.20. The van der Waals surface area contributed by atoms with Gasteiger partial charge in [0.25, 0.3) is 0 Å². The molecule has 1 amide bonds. The van der Waals surface area contributed by atoms with E-state index in [0.29, 0.717) is 31.5 Å². The van der Waals surface area contributed by atoms with Crippen molar-refractivity contribution in [2.75, 3.05) is 13.1 Å². The third kappa shape index (κ3) is 4.35. The van der Waals surface area contributed by atoms with E-state index in [2.05, 4.69) is 22.2 Å². The van der Waals surface area contributed by atoms with Gasteiger partial charge < -0.3 is 4.90 Å². The van der Waals surface area contributed by atoms with Gasteiger partial charge in [0.2, 0.25) is 5.91 Å². The number of fused-ring (bicyclic) bond motifs is 1. The molecule has 0 bridgehead atoms. The third-order valence-electron chi connectivity index (χ3n) is 6.44. The Morgan fingerprint density at radius 2 is 1.85 bits per heavy atom. The summed E-state index contributed by atoms with van der Waals surface area (Å²) < 4.78 is 15.6. The molecule has 1 saturated heterocycles. The minimum Gasteiger partial charge on any atom is -0.343 e. The van der Waals surface area contributed by atoms with Crippen molar-refractivity contribution in [3.8, 4) is 5.82 Å². The Kier molecular flexibility index (Phi) is 5.86. The fourth-order valence-electron chi connectivity index (χ4n) is 4.55. The van der Waals surface area contributed by atoms with Gasteiger partial charge in [0.1, 0.15) is 5.82 Å². The van der Waals surface area contributed by atoms with Crippen molar-refractivity contribution in [3.05, 3.63) is 83.6 Å². The Balaban J connectivity index is 1.26. The van der Waals surface area contributed by atoms with Crippen LogP contribution in [0.3, 0.4) is 0 Å². The fourth-order valence-corrected chi connectivity index (χ4v) is 4.55. The highest BCUT2D eigenvalue weighted by molar-refractivity contribution is 5.80. The molecule has 0 unspecified atom stereocenters. The number of carbonyl (C=O) groups is 1. The van der Waals surface area contributed by atoms with Crippen molar-refractivity contribution in [2.45, 2.75) is 38.5 Å². The van der Waals surface area contributed by atoms with Crippen molar-refractivity contribution < 1.29 is 9.18 Å². The number of carbonyl (C=O) groups excluding carboxylic acids is 1. The van der Waals surface area contributed by atoms with Gasteiger partial charge in [-0.15, -0.1) is 0 Å². The summed E-state index contributed by atoms with van der Waals surface area (Å²) in [5.41, 5.74) is 3.35. The quantitative estimate of drug-likeness (QED) is 0.452. The number of nitrogens with zero attached hydrogens (tertiary/aromatic N) is 5. The zero-order valence-corrected chi connectivity index (χ0v) is 18.6. The topological polar surface area (TPSA) is 63.9 Å². The second-order valence-electron chi connectivity index (χ2n) is 8.54. The fraction of sp³-hybridized carbons (Fsp3) is 0.308. The van der Waals surface area contributed by atoms with Crippen molar-refractivity contribution in [2.24, 2.45) is 0 Å². The highest BCUT2D eigenvalue weighted by atomic mass is 19.1. The summed E-state index contributed by atoms with van der Waals surface area (Å²) in [6.07, 6.45) is 4.24. The van der Waals surface area contributed by atoms with Crippen molar-refractivity contribution in [1.82, 2.24) is 24.6 Å². The second kappa shape index (κ2) is 9.10. The lowest BCUT2D eigenvalue weighted by Gasteiger charge is -2.32. The number of aromatic nitrogens is 4. The number of rotatable bonds is 5. The molecule has 3 aromatic heterocycles. The molecule has 0 atom stereocenters. The number of hydrogen-bond donors (Lipinski definition) is 0. The van der Waals surface area contributed by atoms with E-state index >= 15 is 0 Å². The predicted octanol–water partition coefficient (Wildman–Crippen LogP) is 4.60. The van der Waals surface area contributed by atoms with E-state index in [1.54, 1.807) is 29.1 Å². The van der Waals surface area contributed by atoms with Crippen LogP contribution in [0.4, 0.5) is 4.39 Å². The van der Waals surface area contributed by atoms with Gasteiger partial charge in [-0.1, -0.05) is 24.3 Å². The summed E-state index contributed by atoms with van der Waals surface area (Å²) in [7, 11) is 0. The predicted molar refractivity (Wildman–Crippen MR) is 125 cm³/mol. The molecule has 1 fully saturated rings. The summed E-state index contributed by atoms with van der Waals surface area (Å²) in [4.78, 5) is 24.0. The van der Waals surface area contributed by atoms with Crippen LogP contribution in [0.15, 0.2) is 60.8 Å². The zero-order valence-electron chi connectivity index (χ0n) is 18.6. The Hall–Kier alpha value is -3.61. The van der Waals surface area contributed by atoms with Crippen LogP contribution in [0.1, 0.15) is 42.1 Å². The van der Waals surface area contributed by atoms with E-state index in [1.165, 1.54) is 6.07 Å². The van der Waals surface area contributed by atoms with Gasteiger partial charge in [-0.05, 0) is 62.1 Å². The van der Waals surface area contributed by atoms with Crippen molar-refractivity contribution in [3.63, 3.8) is 0 Å². The van der Waals surface area contributed by atoms with Crippen molar-refractivity contribution >= 4 is 16.9 Å². The summed E-state index contributed by atoms with van der Waals surface area (Å²) in [5.74, 6) is 0.877. The SMILES string of the molecule is Cc1nn(-c2ccccn2)c2nc(C3CCN(C(=O)CCc4ccccc4F)CC3)ccc12. The van der Waals surface area contributed by atoms with E-state index in [-0.39, 0.29) is 17.6 Å². The number of hydrogen-bond acceptors (Lipinski definition) is 4. The van der Waals surface area contributed by atoms with Crippen LogP contribution in [0, 0.1) is 12.7 Å². The van der Waals surface area contributed by atoms with Gasteiger partial charge in [-0.3, -0.25) is 4.79 Å². The van der Waals surface area contributed by atoms with Crippen molar-refractivity contribution in [1.29, 1.82) is 0 Å². The van der Waals surface area contributed by atoms with Crippen LogP contribution in [-0.2, 0) is 11.2 Å². The standard InChI is InChI=1S/C26H26FN5O/c1-18-21-10-11-23(29-26(21)32(30-18)24-8-4-5-15-28-24)20-13-16-31(17-14-20)25(33)12-9-19-6-2-3-7-22(19)27/h2-8,10-11,15,20H,9,12-14,16-17H2,1H3. The number of amides is 1. The van der Waals surface area contributed by atoms with Gasteiger partial charge >= 0.3 is 0 Å². The monoisotopic (exact) mass is 443 g/mol. The van der Waals surface area contributed by atoms with E-state index in [4.69, 9.17) is 4.98 Å². The third-order valence-corrected chi connectivity index (χ3v) is 6.44. The summed E-state index contributed by atoms with van der Waals surface area (Å²) in [5, 5.41) is 5.66. The number of benzene rings is 1. The molecule has 6 nitrogen and oxygen atoms in total. The van der Waals surface area contributed by atoms with Crippen LogP contribution in [-0.4, -0.2) is 43.6 Å². The van der Waals surface area contributed by atoms with E-state index in [0.717, 1.165) is 41.1 Å². The molecule has 1 aromatic carbocycles. The normalized spacial score (nSPS) is 14.7. The highest BCUT2D eigenvalue weighted by Gasteiger charge is 2.25. The van der Waals surface area contributed by atoms with E-state index < -0.39 is 0 Å². The van der Waals surface area contributed by atoms with E-state index in [9.17, 15) is 9.18 Å². The average molecular weight is 444 g/mol. The molecule has 1 aliphatic rings. The maximum absolute atomic E-state index is 13.8. The molecule has 0 spiro atoms. The zero-order chi connectivity index (χ0) is 22.8. The Morgan fingerprint density at radius 1 is 1.06 bits per heavy atom. The molecule has 4 aromatic rings. The lowest BCUT2D eigenvalue weighted by atomic mass is 9.92. The molecule has 168 valence electrons. The molecular weight excluding hydrogens is 417 g/mol. The van der Waals surface area contributed by atoms with Gasteiger partial charge in [-0.2, -0.15) is 9.78 Å². The highest BCUT2D eigenvalue weighted by Crippen LogP contribution is 2.29. The first-order valence-corrected chi connectivity index (χ1v) is 11.4. The molecule has 1 aliphatic heterocycles. The lowest BCUT2D eigenvalue weighted by Crippen LogP contribution is -2.38. The van der Waals surface area contributed by atoms with Gasteiger partial charge in [0, 0.05) is 42.7 Å². The molecule has 0 aliphatic carbocycles. The lowest BCUT2D eigenvalue weighted by molar-refractivity contribution is -0.132. The molecular formula is C26H26FN5O. The molecule has 7 heteroatoms. The van der Waals surface area contributed by atoms with Gasteiger partial charge in [0.05, 0.1) is 5.69 Å². The number of halogens is 1.